The van der Waals surface area contributed by atoms with Gasteiger partial charge in [0.25, 0.3) is 0 Å². The van der Waals surface area contributed by atoms with Crippen LogP contribution in [-0.2, 0) is 12.8 Å². The molecule has 0 spiro atoms. The number of alkyl halides is 1. The molecular formula is C17H16BrN3. The van der Waals surface area contributed by atoms with Crippen molar-refractivity contribution in [3.05, 3.63) is 77.6 Å². The highest BCUT2D eigenvalue weighted by atomic mass is 79.9. The van der Waals surface area contributed by atoms with Crippen molar-refractivity contribution in [2.75, 3.05) is 5.33 Å². The summed E-state index contributed by atoms with van der Waals surface area (Å²) < 4.78 is 1.87. The summed E-state index contributed by atoms with van der Waals surface area (Å²) >= 11 is 3.43. The monoisotopic (exact) mass is 341 g/mol. The smallest absolute Gasteiger partial charge is 0.0840 e. The first-order valence-corrected chi connectivity index (χ1v) is 8.08. The molecule has 3 nitrogen and oxygen atoms in total. The fraction of sp³-hybridized carbons (Fsp3) is 0.176. The van der Waals surface area contributed by atoms with E-state index >= 15 is 0 Å². The molecule has 0 bridgehead atoms. The molecule has 21 heavy (non-hydrogen) atoms. The van der Waals surface area contributed by atoms with Crippen molar-refractivity contribution in [2.45, 2.75) is 12.8 Å². The van der Waals surface area contributed by atoms with Crippen LogP contribution in [0.1, 0.15) is 16.8 Å². The molecule has 0 aliphatic carbocycles. The normalized spacial score (nSPS) is 10.7. The largest absolute Gasteiger partial charge is 0.220 e. The Labute approximate surface area is 132 Å². The highest BCUT2D eigenvalue weighted by Gasteiger charge is 2.07. The Hall–Kier alpha value is -1.94. The Morgan fingerprint density at radius 2 is 1.71 bits per heavy atom. The summed E-state index contributed by atoms with van der Waals surface area (Å²) in [5.41, 5.74) is 4.64. The first kappa shape index (κ1) is 14.0. The van der Waals surface area contributed by atoms with Gasteiger partial charge in [0.1, 0.15) is 0 Å². The van der Waals surface area contributed by atoms with Crippen LogP contribution < -0.4 is 0 Å². The Morgan fingerprint density at radius 3 is 2.52 bits per heavy atom. The summed E-state index contributed by atoms with van der Waals surface area (Å²) in [6.07, 6.45) is 3.79. The lowest BCUT2D eigenvalue weighted by Crippen LogP contribution is -2.01. The molecule has 1 aromatic heterocycles. The highest BCUT2D eigenvalue weighted by Crippen LogP contribution is 2.18. The third-order valence-corrected chi connectivity index (χ3v) is 3.76. The van der Waals surface area contributed by atoms with Gasteiger partial charge in [-0.05, 0) is 23.6 Å². The van der Waals surface area contributed by atoms with Gasteiger partial charge in [0, 0.05) is 11.8 Å². The summed E-state index contributed by atoms with van der Waals surface area (Å²) in [6.45, 7) is 0. The topological polar surface area (TPSA) is 30.7 Å². The van der Waals surface area contributed by atoms with Crippen molar-refractivity contribution in [3.8, 4) is 5.69 Å². The fourth-order valence-corrected chi connectivity index (χ4v) is 2.73. The van der Waals surface area contributed by atoms with E-state index in [-0.39, 0.29) is 0 Å². The van der Waals surface area contributed by atoms with Crippen LogP contribution in [-0.4, -0.2) is 20.3 Å². The molecule has 0 N–H and O–H groups in total. The average molecular weight is 342 g/mol. The summed E-state index contributed by atoms with van der Waals surface area (Å²) in [5.74, 6) is 0. The number of hydrogen-bond donors (Lipinski definition) is 0. The molecule has 0 radical (unpaired) electrons. The summed E-state index contributed by atoms with van der Waals surface area (Å²) in [6, 6.07) is 18.8. The van der Waals surface area contributed by atoms with Gasteiger partial charge in [0.15, 0.2) is 0 Å². The lowest BCUT2D eigenvalue weighted by molar-refractivity contribution is 0.791. The minimum atomic E-state index is 0.890. The summed E-state index contributed by atoms with van der Waals surface area (Å²) in [4.78, 5) is 0. The van der Waals surface area contributed by atoms with E-state index in [2.05, 4.69) is 68.7 Å². The number of halogens is 1. The van der Waals surface area contributed by atoms with Gasteiger partial charge in [-0.2, -0.15) is 0 Å². The highest BCUT2D eigenvalue weighted by molar-refractivity contribution is 9.09. The molecule has 4 heteroatoms. The zero-order valence-electron chi connectivity index (χ0n) is 11.6. The second-order valence-electron chi connectivity index (χ2n) is 4.88. The lowest BCUT2D eigenvalue weighted by atomic mass is 10.0. The fourth-order valence-electron chi connectivity index (χ4n) is 2.33. The molecule has 0 aliphatic heterocycles. The van der Waals surface area contributed by atoms with Gasteiger partial charge in [-0.15, -0.1) is 5.10 Å². The molecule has 0 aliphatic rings. The number of hydrogen-bond acceptors (Lipinski definition) is 2. The van der Waals surface area contributed by atoms with Gasteiger partial charge >= 0.3 is 0 Å². The first-order chi connectivity index (χ1) is 10.4. The third-order valence-electron chi connectivity index (χ3n) is 3.37. The van der Waals surface area contributed by atoms with Crippen LogP contribution in [0.25, 0.3) is 5.69 Å². The van der Waals surface area contributed by atoms with E-state index < -0.39 is 0 Å². The summed E-state index contributed by atoms with van der Waals surface area (Å²) in [7, 11) is 0. The van der Waals surface area contributed by atoms with E-state index in [1.54, 1.807) is 0 Å². The Kier molecular flexibility index (Phi) is 4.46. The second kappa shape index (κ2) is 6.68. The van der Waals surface area contributed by atoms with Crippen LogP contribution >= 0.6 is 15.9 Å². The van der Waals surface area contributed by atoms with Gasteiger partial charge in [-0.1, -0.05) is 69.7 Å². The van der Waals surface area contributed by atoms with Crippen LogP contribution in [0.3, 0.4) is 0 Å². The Morgan fingerprint density at radius 1 is 0.952 bits per heavy atom. The van der Waals surface area contributed by atoms with Gasteiger partial charge < -0.3 is 0 Å². The Balaban J connectivity index is 1.91. The van der Waals surface area contributed by atoms with Gasteiger partial charge in [0.2, 0.25) is 0 Å². The number of aromatic nitrogens is 3. The van der Waals surface area contributed by atoms with Crippen molar-refractivity contribution in [1.82, 2.24) is 15.0 Å². The zero-order chi connectivity index (χ0) is 14.5. The van der Waals surface area contributed by atoms with Crippen molar-refractivity contribution in [1.29, 1.82) is 0 Å². The van der Waals surface area contributed by atoms with Crippen molar-refractivity contribution >= 4 is 15.9 Å². The summed E-state index contributed by atoms with van der Waals surface area (Å²) in [5, 5.41) is 9.37. The predicted octanol–water partition coefficient (Wildman–Crippen LogP) is 3.80. The molecule has 1 heterocycles. The number of para-hydroxylation sites is 1. The molecular weight excluding hydrogens is 326 g/mol. The van der Waals surface area contributed by atoms with Crippen molar-refractivity contribution in [2.24, 2.45) is 0 Å². The lowest BCUT2D eigenvalue weighted by Gasteiger charge is -2.08. The second-order valence-corrected chi connectivity index (χ2v) is 5.68. The average Bonchev–Trinajstić information content (AvgIpc) is 2.98. The molecule has 3 aromatic rings. The van der Waals surface area contributed by atoms with E-state index in [1.165, 1.54) is 11.1 Å². The molecule has 0 unspecified atom stereocenters. The van der Waals surface area contributed by atoms with Gasteiger partial charge in [0.05, 0.1) is 17.6 Å². The molecule has 2 aromatic carbocycles. The maximum Gasteiger partial charge on any atom is 0.0840 e. The molecule has 0 saturated carbocycles. The number of rotatable bonds is 5. The predicted molar refractivity (Wildman–Crippen MR) is 88.1 cm³/mol. The first-order valence-electron chi connectivity index (χ1n) is 6.96. The van der Waals surface area contributed by atoms with E-state index in [9.17, 15) is 0 Å². The van der Waals surface area contributed by atoms with E-state index in [0.29, 0.717) is 0 Å². The molecule has 0 amide bonds. The van der Waals surface area contributed by atoms with Gasteiger partial charge in [-0.25, -0.2) is 4.68 Å². The Bertz CT molecular complexity index is 707. The van der Waals surface area contributed by atoms with Crippen LogP contribution in [0.2, 0.25) is 0 Å². The van der Waals surface area contributed by atoms with E-state index in [0.717, 1.165) is 29.6 Å². The molecule has 106 valence electrons. The molecule has 0 atom stereocenters. The standard InChI is InChI=1S/C17H16BrN3/c18-11-10-16-13-21(20-19-16)17-9-5-4-8-15(17)12-14-6-2-1-3-7-14/h1-9,13H,10-12H2. The number of benzene rings is 2. The number of nitrogens with zero attached hydrogens (tertiary/aromatic N) is 3. The van der Waals surface area contributed by atoms with Crippen LogP contribution in [0.15, 0.2) is 60.8 Å². The van der Waals surface area contributed by atoms with E-state index in [4.69, 9.17) is 0 Å². The number of aryl methyl sites for hydroxylation is 1. The quantitative estimate of drug-likeness (QED) is 0.661. The maximum absolute atomic E-state index is 4.25. The van der Waals surface area contributed by atoms with Crippen LogP contribution in [0.4, 0.5) is 0 Å². The SMILES string of the molecule is BrCCc1cn(-c2ccccc2Cc2ccccc2)nn1. The molecule has 3 rings (SSSR count). The maximum atomic E-state index is 4.25. The zero-order valence-corrected chi connectivity index (χ0v) is 13.2. The van der Waals surface area contributed by atoms with Gasteiger partial charge in [-0.3, -0.25) is 0 Å². The molecule has 0 saturated heterocycles. The minimum Gasteiger partial charge on any atom is -0.220 e. The minimum absolute atomic E-state index is 0.890. The van der Waals surface area contributed by atoms with E-state index in [1.807, 2.05) is 23.0 Å². The molecule has 0 fully saturated rings. The van der Waals surface area contributed by atoms with Crippen LogP contribution in [0.5, 0.6) is 0 Å². The van der Waals surface area contributed by atoms with Crippen molar-refractivity contribution in [3.63, 3.8) is 0 Å². The van der Waals surface area contributed by atoms with Crippen LogP contribution in [0, 0.1) is 0 Å². The third kappa shape index (κ3) is 3.39. The van der Waals surface area contributed by atoms with Crippen molar-refractivity contribution < 1.29 is 0 Å².